The molecule has 0 atom stereocenters. The smallest absolute Gasteiger partial charge is 0.307 e. The molecule has 150 valence electrons. The van der Waals surface area contributed by atoms with Gasteiger partial charge in [0, 0.05) is 31.3 Å². The van der Waals surface area contributed by atoms with Crippen LogP contribution in [0, 0.1) is 10.1 Å². The number of likely N-dealkylation sites (N-methyl/N-ethyl adjacent to an activating group) is 1. The molecule has 0 N–H and O–H groups in total. The molecule has 0 saturated carbocycles. The molecule has 1 aromatic carbocycles. The van der Waals surface area contributed by atoms with Crippen molar-refractivity contribution in [2.75, 3.05) is 39.3 Å². The summed E-state index contributed by atoms with van der Waals surface area (Å²) >= 11 is 0. The lowest BCUT2D eigenvalue weighted by Gasteiger charge is -2.26. The lowest BCUT2D eigenvalue weighted by atomic mass is 10.1. The summed E-state index contributed by atoms with van der Waals surface area (Å²) in [5, 5.41) is 11.2. The summed E-state index contributed by atoms with van der Waals surface area (Å²) in [5.74, 6) is -0.593. The van der Waals surface area contributed by atoms with E-state index in [9.17, 15) is 19.7 Å². The van der Waals surface area contributed by atoms with E-state index in [-0.39, 0.29) is 37.0 Å². The van der Waals surface area contributed by atoms with E-state index in [1.807, 2.05) is 13.8 Å². The third-order valence-electron chi connectivity index (χ3n) is 4.35. The summed E-state index contributed by atoms with van der Waals surface area (Å²) in [7, 11) is 0. The molecule has 0 aromatic heterocycles. The Morgan fingerprint density at radius 1 is 1.07 bits per heavy atom. The molecular weight excluding hydrogens is 350 g/mol. The standard InChI is InChI=1S/C19H29N3O5/c1-4-20(5-2)13-14-21(12-11-19(24)27-6-3)18(23)15-16-9-7-8-10-17(16)22(25)26/h7-10H,4-6,11-15H2,1-3H3. The van der Waals surface area contributed by atoms with Crippen molar-refractivity contribution in [3.8, 4) is 0 Å². The molecule has 1 aromatic rings. The highest BCUT2D eigenvalue weighted by Crippen LogP contribution is 2.19. The number of benzene rings is 1. The van der Waals surface area contributed by atoms with Gasteiger partial charge in [-0.3, -0.25) is 19.7 Å². The predicted octanol–water partition coefficient (Wildman–Crippen LogP) is 2.26. The van der Waals surface area contributed by atoms with Crippen molar-refractivity contribution in [2.24, 2.45) is 0 Å². The van der Waals surface area contributed by atoms with Gasteiger partial charge in [0.2, 0.25) is 5.91 Å². The molecule has 0 radical (unpaired) electrons. The van der Waals surface area contributed by atoms with Crippen molar-refractivity contribution < 1.29 is 19.2 Å². The van der Waals surface area contributed by atoms with Gasteiger partial charge < -0.3 is 14.5 Å². The zero-order valence-electron chi connectivity index (χ0n) is 16.3. The quantitative estimate of drug-likeness (QED) is 0.314. The first-order valence-corrected chi connectivity index (χ1v) is 9.30. The Morgan fingerprint density at radius 3 is 2.33 bits per heavy atom. The SMILES string of the molecule is CCOC(=O)CCN(CCN(CC)CC)C(=O)Cc1ccccc1[N+](=O)[O-]. The van der Waals surface area contributed by atoms with E-state index >= 15 is 0 Å². The molecule has 0 saturated heterocycles. The summed E-state index contributed by atoms with van der Waals surface area (Å²) in [6.45, 7) is 9.21. The van der Waals surface area contributed by atoms with Crippen molar-refractivity contribution >= 4 is 17.6 Å². The number of amides is 1. The summed E-state index contributed by atoms with van der Waals surface area (Å²) in [5.41, 5.74) is 0.302. The van der Waals surface area contributed by atoms with Gasteiger partial charge in [-0.25, -0.2) is 0 Å². The average molecular weight is 379 g/mol. The van der Waals surface area contributed by atoms with E-state index in [0.29, 0.717) is 25.3 Å². The molecule has 0 unspecified atom stereocenters. The molecule has 0 heterocycles. The topological polar surface area (TPSA) is 93.0 Å². The van der Waals surface area contributed by atoms with Crippen LogP contribution in [0.4, 0.5) is 5.69 Å². The van der Waals surface area contributed by atoms with E-state index in [1.165, 1.54) is 6.07 Å². The molecule has 0 fully saturated rings. The fourth-order valence-corrected chi connectivity index (χ4v) is 2.74. The first-order valence-electron chi connectivity index (χ1n) is 9.30. The van der Waals surface area contributed by atoms with E-state index in [1.54, 1.807) is 30.0 Å². The normalized spacial score (nSPS) is 10.7. The van der Waals surface area contributed by atoms with Crippen molar-refractivity contribution in [3.05, 3.63) is 39.9 Å². The Kier molecular flexibility index (Phi) is 10.0. The summed E-state index contributed by atoms with van der Waals surface area (Å²) in [6, 6.07) is 6.23. The first kappa shape index (κ1) is 22.6. The third kappa shape index (κ3) is 7.74. The number of rotatable bonds is 12. The highest BCUT2D eigenvalue weighted by Gasteiger charge is 2.21. The van der Waals surface area contributed by atoms with Gasteiger partial charge in [-0.1, -0.05) is 32.0 Å². The van der Waals surface area contributed by atoms with Gasteiger partial charge in [0.1, 0.15) is 0 Å². The van der Waals surface area contributed by atoms with Crippen LogP contribution in [-0.4, -0.2) is 65.9 Å². The van der Waals surface area contributed by atoms with E-state index in [0.717, 1.165) is 13.1 Å². The number of ether oxygens (including phenoxy) is 1. The molecule has 8 nitrogen and oxygen atoms in total. The monoisotopic (exact) mass is 379 g/mol. The van der Waals surface area contributed by atoms with E-state index < -0.39 is 4.92 Å². The minimum atomic E-state index is -0.485. The lowest BCUT2D eigenvalue weighted by Crippen LogP contribution is -2.40. The average Bonchev–Trinajstić information content (AvgIpc) is 2.65. The van der Waals surface area contributed by atoms with Gasteiger partial charge in [0.25, 0.3) is 5.69 Å². The van der Waals surface area contributed by atoms with Gasteiger partial charge in [-0.05, 0) is 20.0 Å². The second-order valence-corrected chi connectivity index (χ2v) is 6.03. The second-order valence-electron chi connectivity index (χ2n) is 6.03. The Bertz CT molecular complexity index is 632. The molecule has 0 aliphatic carbocycles. The number of nitro groups is 1. The third-order valence-corrected chi connectivity index (χ3v) is 4.35. The molecule has 0 aliphatic heterocycles. The number of hydrogen-bond donors (Lipinski definition) is 0. The number of hydrogen-bond acceptors (Lipinski definition) is 6. The molecular formula is C19H29N3O5. The van der Waals surface area contributed by atoms with Gasteiger partial charge in [0.05, 0.1) is 24.4 Å². The molecule has 0 bridgehead atoms. The number of nitro benzene ring substituents is 1. The second kappa shape index (κ2) is 12.0. The molecule has 8 heteroatoms. The maximum Gasteiger partial charge on any atom is 0.307 e. The number of carbonyl (C=O) groups excluding carboxylic acids is 2. The van der Waals surface area contributed by atoms with Gasteiger partial charge in [-0.15, -0.1) is 0 Å². The van der Waals surface area contributed by atoms with Gasteiger partial charge >= 0.3 is 5.97 Å². The van der Waals surface area contributed by atoms with Crippen LogP contribution in [0.2, 0.25) is 0 Å². The Hall–Kier alpha value is -2.48. The molecule has 0 aliphatic rings. The first-order chi connectivity index (χ1) is 12.9. The van der Waals surface area contributed by atoms with Gasteiger partial charge in [-0.2, -0.15) is 0 Å². The van der Waals surface area contributed by atoms with Crippen molar-refractivity contribution in [1.82, 2.24) is 9.80 Å². The minimum Gasteiger partial charge on any atom is -0.466 e. The molecule has 1 amide bonds. The fraction of sp³-hybridized carbons (Fsp3) is 0.579. The summed E-state index contributed by atoms with van der Waals surface area (Å²) in [6.07, 6.45) is 0.0347. The van der Waals surface area contributed by atoms with Crippen LogP contribution in [-0.2, 0) is 20.7 Å². The van der Waals surface area contributed by atoms with Crippen LogP contribution in [0.1, 0.15) is 32.8 Å². The van der Waals surface area contributed by atoms with E-state index in [4.69, 9.17) is 4.74 Å². The van der Waals surface area contributed by atoms with Crippen LogP contribution in [0.25, 0.3) is 0 Å². The zero-order valence-corrected chi connectivity index (χ0v) is 16.3. The number of esters is 1. The summed E-state index contributed by atoms with van der Waals surface area (Å²) in [4.78, 5) is 38.9. The highest BCUT2D eigenvalue weighted by molar-refractivity contribution is 5.80. The van der Waals surface area contributed by atoms with Crippen molar-refractivity contribution in [2.45, 2.75) is 33.6 Å². The molecule has 0 spiro atoms. The molecule has 1 rings (SSSR count). The minimum absolute atomic E-state index is 0.0695. The van der Waals surface area contributed by atoms with Crippen molar-refractivity contribution in [3.63, 3.8) is 0 Å². The van der Waals surface area contributed by atoms with Crippen LogP contribution in [0.3, 0.4) is 0 Å². The fourth-order valence-electron chi connectivity index (χ4n) is 2.74. The Balaban J connectivity index is 2.84. The molecule has 27 heavy (non-hydrogen) atoms. The zero-order chi connectivity index (χ0) is 20.2. The highest BCUT2D eigenvalue weighted by atomic mass is 16.6. The summed E-state index contributed by atoms with van der Waals surface area (Å²) < 4.78 is 4.93. The predicted molar refractivity (Wildman–Crippen MR) is 102 cm³/mol. The van der Waals surface area contributed by atoms with Crippen LogP contribution < -0.4 is 0 Å². The largest absolute Gasteiger partial charge is 0.466 e. The number of nitrogens with zero attached hydrogens (tertiary/aromatic N) is 3. The maximum atomic E-state index is 12.8. The van der Waals surface area contributed by atoms with Crippen LogP contribution >= 0.6 is 0 Å². The maximum absolute atomic E-state index is 12.8. The number of para-hydroxylation sites is 1. The Morgan fingerprint density at radius 2 is 1.74 bits per heavy atom. The Labute approximate surface area is 160 Å². The van der Waals surface area contributed by atoms with Gasteiger partial charge in [0.15, 0.2) is 0 Å². The van der Waals surface area contributed by atoms with Crippen molar-refractivity contribution in [1.29, 1.82) is 0 Å². The van der Waals surface area contributed by atoms with Crippen LogP contribution in [0.15, 0.2) is 24.3 Å². The lowest BCUT2D eigenvalue weighted by molar-refractivity contribution is -0.385. The van der Waals surface area contributed by atoms with Crippen LogP contribution in [0.5, 0.6) is 0 Å². The number of carbonyl (C=O) groups is 2. The van der Waals surface area contributed by atoms with E-state index in [2.05, 4.69) is 4.90 Å².